The normalized spacial score (nSPS) is 15.4. The quantitative estimate of drug-likeness (QED) is 0.418. The van der Waals surface area contributed by atoms with Crippen molar-refractivity contribution in [1.29, 1.82) is 0 Å². The Hall–Kier alpha value is -0.291. The Bertz CT molecular complexity index is 481. The number of unbranched alkanes of at least 4 members (excludes halogenated alkanes) is 3. The molecule has 1 saturated heterocycles. The van der Waals surface area contributed by atoms with Crippen LogP contribution in [0.25, 0.3) is 0 Å². The van der Waals surface area contributed by atoms with Crippen LogP contribution in [-0.4, -0.2) is 49.7 Å². The van der Waals surface area contributed by atoms with Crippen LogP contribution in [0.15, 0.2) is 18.2 Å². The molecule has 4 heteroatoms. The first kappa shape index (κ1) is 21.0. The monoisotopic (exact) mass is 454 g/mol. The molecule has 142 valence electrons. The van der Waals surface area contributed by atoms with Crippen molar-refractivity contribution in [2.24, 2.45) is 0 Å². The first-order chi connectivity index (χ1) is 12.2. The van der Waals surface area contributed by atoms with Gasteiger partial charge < -0.3 is 0 Å². The van der Waals surface area contributed by atoms with Gasteiger partial charge >= 0.3 is 160 Å². The van der Waals surface area contributed by atoms with Crippen molar-refractivity contribution in [2.45, 2.75) is 78.7 Å². The standard InChI is InChI=1S/C9H11N2O.3C4H9.Sn/c1-12-8-6-11(7-8)9-4-2-3-5-10-9;3*1-3-4-2;/h2-4,8H,6-7H2,1H3;3*1,3-4H2,2H3;. The summed E-state index contributed by atoms with van der Waals surface area (Å²) in [7, 11) is 1.81. The molecule has 0 N–H and O–H groups in total. The summed E-state index contributed by atoms with van der Waals surface area (Å²) >= 11 is -2.40. The van der Waals surface area contributed by atoms with E-state index in [2.05, 4.69) is 43.9 Å². The second-order valence-corrected chi connectivity index (χ2v) is 20.8. The summed E-state index contributed by atoms with van der Waals surface area (Å²) < 4.78 is 11.4. The summed E-state index contributed by atoms with van der Waals surface area (Å²) in [6.07, 6.45) is 8.52. The summed E-state index contributed by atoms with van der Waals surface area (Å²) in [6.45, 7) is 9.00. The summed E-state index contributed by atoms with van der Waals surface area (Å²) in [5, 5.41) is 0. The van der Waals surface area contributed by atoms with Gasteiger partial charge in [-0.2, -0.15) is 0 Å². The third kappa shape index (κ3) is 5.59. The van der Waals surface area contributed by atoms with Crippen molar-refractivity contribution in [2.75, 3.05) is 25.1 Å². The van der Waals surface area contributed by atoms with E-state index in [0.717, 1.165) is 13.1 Å². The first-order valence-electron chi connectivity index (χ1n) is 10.4. The van der Waals surface area contributed by atoms with Crippen molar-refractivity contribution in [1.82, 2.24) is 4.98 Å². The molecule has 1 aliphatic heterocycles. The molecule has 0 unspecified atom stereocenters. The Morgan fingerprint density at radius 1 is 1.00 bits per heavy atom. The Morgan fingerprint density at radius 3 is 2.04 bits per heavy atom. The van der Waals surface area contributed by atoms with E-state index in [1.165, 1.54) is 57.7 Å². The van der Waals surface area contributed by atoms with E-state index in [-0.39, 0.29) is 0 Å². The molecule has 0 atom stereocenters. The number of anilines is 1. The average Bonchev–Trinajstić information content (AvgIpc) is 2.61. The average molecular weight is 453 g/mol. The van der Waals surface area contributed by atoms with E-state index in [9.17, 15) is 0 Å². The first-order valence-corrected chi connectivity index (χ1v) is 17.9. The molecule has 1 aromatic rings. The zero-order valence-electron chi connectivity index (χ0n) is 16.9. The molecule has 2 rings (SSSR count). The fourth-order valence-electron chi connectivity index (χ4n) is 3.97. The maximum absolute atomic E-state index is 5.44. The fourth-order valence-corrected chi connectivity index (χ4v) is 19.4. The van der Waals surface area contributed by atoms with Crippen LogP contribution in [0.1, 0.15) is 59.3 Å². The van der Waals surface area contributed by atoms with Gasteiger partial charge in [0.25, 0.3) is 0 Å². The van der Waals surface area contributed by atoms with Gasteiger partial charge in [0.1, 0.15) is 0 Å². The summed E-state index contributed by atoms with van der Waals surface area (Å²) in [6, 6.07) is 6.85. The van der Waals surface area contributed by atoms with Gasteiger partial charge in [0, 0.05) is 0 Å². The van der Waals surface area contributed by atoms with Gasteiger partial charge in [-0.15, -0.1) is 0 Å². The van der Waals surface area contributed by atoms with Crippen LogP contribution in [0.5, 0.6) is 0 Å². The second-order valence-electron chi connectivity index (χ2n) is 7.73. The molecule has 0 bridgehead atoms. The molecule has 0 amide bonds. The molecule has 0 spiro atoms. The van der Waals surface area contributed by atoms with E-state index in [1.807, 2.05) is 7.11 Å². The molecule has 25 heavy (non-hydrogen) atoms. The Morgan fingerprint density at radius 2 is 1.56 bits per heavy atom. The summed E-state index contributed by atoms with van der Waals surface area (Å²) in [4.78, 5) is 7.64. The number of hydrogen-bond acceptors (Lipinski definition) is 3. The van der Waals surface area contributed by atoms with E-state index >= 15 is 0 Å². The minimum absolute atomic E-state index is 0.388. The van der Waals surface area contributed by atoms with Crippen molar-refractivity contribution >= 4 is 27.9 Å². The van der Waals surface area contributed by atoms with Gasteiger partial charge in [0.15, 0.2) is 0 Å². The van der Waals surface area contributed by atoms with Crippen molar-refractivity contribution < 1.29 is 4.74 Å². The van der Waals surface area contributed by atoms with Crippen LogP contribution >= 0.6 is 0 Å². The van der Waals surface area contributed by atoms with Crippen LogP contribution in [-0.2, 0) is 4.74 Å². The van der Waals surface area contributed by atoms with Gasteiger partial charge in [-0.25, -0.2) is 0 Å². The third-order valence-corrected chi connectivity index (χ3v) is 20.9. The molecule has 1 aliphatic rings. The number of ether oxygens (including phenoxy) is 1. The van der Waals surface area contributed by atoms with E-state index in [0.29, 0.717) is 6.10 Å². The van der Waals surface area contributed by atoms with Gasteiger partial charge in [-0.3, -0.25) is 0 Å². The van der Waals surface area contributed by atoms with Gasteiger partial charge in [-0.1, -0.05) is 0 Å². The SMILES string of the molecule is CCC[CH2][Sn]([CH2]CCC)([CH2]CCC)[c]1cccc(N2CC(OC)C2)n1. The van der Waals surface area contributed by atoms with E-state index in [4.69, 9.17) is 9.72 Å². The molecule has 1 fully saturated rings. The number of aromatic nitrogens is 1. The summed E-state index contributed by atoms with van der Waals surface area (Å²) in [5.74, 6) is 1.19. The van der Waals surface area contributed by atoms with Crippen LogP contribution < -0.4 is 8.61 Å². The van der Waals surface area contributed by atoms with Gasteiger partial charge in [-0.05, 0) is 0 Å². The molecular formula is C21H38N2OSn. The van der Waals surface area contributed by atoms with Crippen molar-refractivity contribution in [3.05, 3.63) is 18.2 Å². The number of rotatable bonds is 12. The molecule has 0 saturated carbocycles. The molecule has 0 aromatic carbocycles. The maximum atomic E-state index is 5.44. The third-order valence-electron chi connectivity index (χ3n) is 5.81. The zero-order valence-corrected chi connectivity index (χ0v) is 19.7. The van der Waals surface area contributed by atoms with Crippen LogP contribution in [0, 0.1) is 0 Å². The molecule has 0 aliphatic carbocycles. The molecule has 1 aromatic heterocycles. The number of methoxy groups -OCH3 is 1. The van der Waals surface area contributed by atoms with Gasteiger partial charge in [0.05, 0.1) is 0 Å². The Balaban J connectivity index is 2.24. The number of pyridine rings is 1. The predicted octanol–water partition coefficient (Wildman–Crippen LogP) is 4.97. The van der Waals surface area contributed by atoms with Gasteiger partial charge in [0.2, 0.25) is 0 Å². The predicted molar refractivity (Wildman–Crippen MR) is 112 cm³/mol. The second kappa shape index (κ2) is 10.8. The molecule has 0 radical (unpaired) electrons. The van der Waals surface area contributed by atoms with Crippen LogP contribution in [0.3, 0.4) is 0 Å². The minimum atomic E-state index is -2.40. The summed E-state index contributed by atoms with van der Waals surface area (Å²) in [5.41, 5.74) is 0. The zero-order chi connectivity index (χ0) is 18.1. The topological polar surface area (TPSA) is 25.4 Å². The number of hydrogen-bond donors (Lipinski definition) is 0. The number of nitrogens with zero attached hydrogens (tertiary/aromatic N) is 2. The van der Waals surface area contributed by atoms with Crippen molar-refractivity contribution in [3.63, 3.8) is 0 Å². The van der Waals surface area contributed by atoms with Crippen LogP contribution in [0.4, 0.5) is 5.82 Å². The molecule has 2 heterocycles. The van der Waals surface area contributed by atoms with Crippen molar-refractivity contribution in [3.8, 4) is 0 Å². The molecular weight excluding hydrogens is 415 g/mol. The Kier molecular flexibility index (Phi) is 9.04. The Labute approximate surface area is 159 Å². The van der Waals surface area contributed by atoms with E-state index in [1.54, 1.807) is 3.71 Å². The van der Waals surface area contributed by atoms with E-state index < -0.39 is 18.4 Å². The fraction of sp³-hybridized carbons (Fsp3) is 0.762. The van der Waals surface area contributed by atoms with Crippen LogP contribution in [0.2, 0.25) is 13.3 Å². The molecule has 3 nitrogen and oxygen atoms in total.